The predicted octanol–water partition coefficient (Wildman–Crippen LogP) is 4.54. The van der Waals surface area contributed by atoms with E-state index in [1.165, 1.54) is 16.9 Å². The van der Waals surface area contributed by atoms with E-state index >= 15 is 0 Å². The number of rotatable bonds is 10. The zero-order valence-electron chi connectivity index (χ0n) is 16.8. The largest absolute Gasteiger partial charge is 0.497 e. The standard InChI is InChI=1S/C23H26N2O3S/c1-27-16-15-25(14-6-9-18-7-4-3-5-8-18)23(26)21-17-29-22(24-21)19-10-12-20(28-2)13-11-19/h3-5,7-8,10-13,17H,6,9,14-16H2,1-2H3. The molecule has 152 valence electrons. The molecule has 0 atom stereocenters. The van der Waals surface area contributed by atoms with Crippen LogP contribution in [0.25, 0.3) is 10.6 Å². The van der Waals surface area contributed by atoms with E-state index in [1.54, 1.807) is 14.2 Å². The summed E-state index contributed by atoms with van der Waals surface area (Å²) < 4.78 is 10.4. The normalized spacial score (nSPS) is 10.7. The van der Waals surface area contributed by atoms with Crippen molar-refractivity contribution in [2.45, 2.75) is 12.8 Å². The lowest BCUT2D eigenvalue weighted by Gasteiger charge is -2.21. The number of hydrogen-bond donors (Lipinski definition) is 0. The lowest BCUT2D eigenvalue weighted by molar-refractivity contribution is 0.0688. The minimum Gasteiger partial charge on any atom is -0.497 e. The first-order valence-corrected chi connectivity index (χ1v) is 10.5. The number of carbonyl (C=O) groups is 1. The molecule has 0 spiro atoms. The molecule has 0 saturated carbocycles. The number of methoxy groups -OCH3 is 2. The second-order valence-corrected chi connectivity index (χ2v) is 7.50. The molecule has 0 N–H and O–H groups in total. The Morgan fingerprint density at radius 2 is 1.79 bits per heavy atom. The van der Waals surface area contributed by atoms with Gasteiger partial charge in [-0.1, -0.05) is 30.3 Å². The molecule has 1 heterocycles. The summed E-state index contributed by atoms with van der Waals surface area (Å²) in [5.41, 5.74) is 2.74. The summed E-state index contributed by atoms with van der Waals surface area (Å²) in [6.07, 6.45) is 1.83. The van der Waals surface area contributed by atoms with E-state index in [2.05, 4.69) is 17.1 Å². The molecule has 0 aliphatic heterocycles. The summed E-state index contributed by atoms with van der Waals surface area (Å²) in [5.74, 6) is 0.747. The van der Waals surface area contributed by atoms with E-state index in [-0.39, 0.29) is 5.91 Å². The molecule has 0 bridgehead atoms. The Balaban J connectivity index is 1.65. The Kier molecular flexibility index (Phi) is 7.78. The molecule has 1 aromatic heterocycles. The van der Waals surface area contributed by atoms with Crippen LogP contribution in [0.2, 0.25) is 0 Å². The van der Waals surface area contributed by atoms with Crippen LogP contribution in [-0.4, -0.2) is 49.7 Å². The molecule has 3 rings (SSSR count). The molecule has 2 aromatic carbocycles. The Morgan fingerprint density at radius 3 is 2.48 bits per heavy atom. The summed E-state index contributed by atoms with van der Waals surface area (Å²) in [6.45, 7) is 1.73. The first-order chi connectivity index (χ1) is 14.2. The maximum absolute atomic E-state index is 13.0. The highest BCUT2D eigenvalue weighted by molar-refractivity contribution is 7.13. The van der Waals surface area contributed by atoms with Crippen LogP contribution < -0.4 is 4.74 Å². The zero-order chi connectivity index (χ0) is 20.5. The molecule has 0 aliphatic carbocycles. The Morgan fingerprint density at radius 1 is 1.03 bits per heavy atom. The Labute approximate surface area is 175 Å². The number of aryl methyl sites for hydroxylation is 1. The molecule has 5 nitrogen and oxygen atoms in total. The highest BCUT2D eigenvalue weighted by Crippen LogP contribution is 2.26. The number of benzene rings is 2. The van der Waals surface area contributed by atoms with Crippen LogP contribution in [0.15, 0.2) is 60.0 Å². The number of nitrogens with zero attached hydrogens (tertiary/aromatic N) is 2. The highest BCUT2D eigenvalue weighted by Gasteiger charge is 2.19. The first kappa shape index (κ1) is 21.0. The zero-order valence-corrected chi connectivity index (χ0v) is 17.7. The van der Waals surface area contributed by atoms with Gasteiger partial charge in [-0.05, 0) is 42.7 Å². The summed E-state index contributed by atoms with van der Waals surface area (Å²) >= 11 is 1.48. The molecule has 6 heteroatoms. The number of thiazole rings is 1. The Hall–Kier alpha value is -2.70. The first-order valence-electron chi connectivity index (χ1n) is 9.63. The molecular weight excluding hydrogens is 384 g/mol. The average Bonchev–Trinajstić information content (AvgIpc) is 3.27. The predicted molar refractivity (Wildman–Crippen MR) is 117 cm³/mol. The third kappa shape index (κ3) is 5.89. The average molecular weight is 411 g/mol. The van der Waals surface area contributed by atoms with Crippen LogP contribution in [0.5, 0.6) is 5.75 Å². The van der Waals surface area contributed by atoms with E-state index in [1.807, 2.05) is 52.7 Å². The third-order valence-electron chi connectivity index (χ3n) is 4.65. The van der Waals surface area contributed by atoms with Crippen molar-refractivity contribution < 1.29 is 14.3 Å². The molecule has 1 amide bonds. The van der Waals surface area contributed by atoms with Gasteiger partial charge in [0, 0.05) is 31.1 Å². The number of carbonyl (C=O) groups excluding carboxylic acids is 1. The molecule has 0 unspecified atom stereocenters. The number of hydrogen-bond acceptors (Lipinski definition) is 5. The minimum absolute atomic E-state index is 0.0499. The summed E-state index contributed by atoms with van der Waals surface area (Å²) in [5, 5.41) is 2.66. The molecular formula is C23H26N2O3S. The quantitative estimate of drug-likeness (QED) is 0.492. The van der Waals surface area contributed by atoms with Gasteiger partial charge in [0.25, 0.3) is 5.91 Å². The van der Waals surface area contributed by atoms with Gasteiger partial charge in [0.1, 0.15) is 16.5 Å². The Bertz CT molecular complexity index is 894. The van der Waals surface area contributed by atoms with E-state index in [0.717, 1.165) is 29.2 Å². The summed E-state index contributed by atoms with van der Waals surface area (Å²) in [7, 11) is 3.29. The van der Waals surface area contributed by atoms with Crippen LogP contribution in [0.1, 0.15) is 22.5 Å². The van der Waals surface area contributed by atoms with Gasteiger partial charge in [0.2, 0.25) is 0 Å². The van der Waals surface area contributed by atoms with Gasteiger partial charge in [-0.3, -0.25) is 4.79 Å². The van der Waals surface area contributed by atoms with Crippen molar-refractivity contribution in [2.24, 2.45) is 0 Å². The molecule has 0 fully saturated rings. The van der Waals surface area contributed by atoms with Crippen LogP contribution in [0.3, 0.4) is 0 Å². The monoisotopic (exact) mass is 410 g/mol. The van der Waals surface area contributed by atoms with Crippen molar-refractivity contribution in [3.8, 4) is 16.3 Å². The van der Waals surface area contributed by atoms with Crippen molar-refractivity contribution in [1.82, 2.24) is 9.88 Å². The second kappa shape index (κ2) is 10.7. The van der Waals surface area contributed by atoms with Gasteiger partial charge < -0.3 is 14.4 Å². The van der Waals surface area contributed by atoms with Crippen molar-refractivity contribution in [3.63, 3.8) is 0 Å². The van der Waals surface area contributed by atoms with Crippen molar-refractivity contribution in [2.75, 3.05) is 33.9 Å². The van der Waals surface area contributed by atoms with Gasteiger partial charge in [-0.25, -0.2) is 4.98 Å². The SMILES string of the molecule is COCCN(CCCc1ccccc1)C(=O)c1csc(-c2ccc(OC)cc2)n1. The fourth-order valence-electron chi connectivity index (χ4n) is 3.04. The van der Waals surface area contributed by atoms with Crippen molar-refractivity contribution >= 4 is 17.2 Å². The van der Waals surface area contributed by atoms with Crippen molar-refractivity contribution in [1.29, 1.82) is 0 Å². The fourth-order valence-corrected chi connectivity index (χ4v) is 3.84. The third-order valence-corrected chi connectivity index (χ3v) is 5.54. The maximum atomic E-state index is 13.0. The summed E-state index contributed by atoms with van der Waals surface area (Å²) in [4.78, 5) is 19.4. The second-order valence-electron chi connectivity index (χ2n) is 6.64. The summed E-state index contributed by atoms with van der Waals surface area (Å²) in [6, 6.07) is 18.0. The number of aromatic nitrogens is 1. The van der Waals surface area contributed by atoms with Crippen LogP contribution in [0, 0.1) is 0 Å². The lowest BCUT2D eigenvalue weighted by Crippen LogP contribution is -2.35. The maximum Gasteiger partial charge on any atom is 0.273 e. The van der Waals surface area contributed by atoms with Crippen LogP contribution >= 0.6 is 11.3 Å². The van der Waals surface area contributed by atoms with Gasteiger partial charge in [0.05, 0.1) is 13.7 Å². The van der Waals surface area contributed by atoms with E-state index in [9.17, 15) is 4.79 Å². The minimum atomic E-state index is -0.0499. The fraction of sp³-hybridized carbons (Fsp3) is 0.304. The van der Waals surface area contributed by atoms with E-state index in [4.69, 9.17) is 9.47 Å². The topological polar surface area (TPSA) is 51.7 Å². The van der Waals surface area contributed by atoms with Crippen LogP contribution in [-0.2, 0) is 11.2 Å². The molecule has 0 radical (unpaired) electrons. The van der Waals surface area contributed by atoms with Gasteiger partial charge in [0.15, 0.2) is 0 Å². The molecule has 0 aliphatic rings. The smallest absolute Gasteiger partial charge is 0.273 e. The van der Waals surface area contributed by atoms with Gasteiger partial charge in [-0.15, -0.1) is 11.3 Å². The van der Waals surface area contributed by atoms with E-state index in [0.29, 0.717) is 25.4 Å². The molecule has 0 saturated heterocycles. The van der Waals surface area contributed by atoms with Gasteiger partial charge >= 0.3 is 0 Å². The van der Waals surface area contributed by atoms with Crippen molar-refractivity contribution in [3.05, 3.63) is 71.2 Å². The molecule has 29 heavy (non-hydrogen) atoms. The number of amides is 1. The van der Waals surface area contributed by atoms with Gasteiger partial charge in [-0.2, -0.15) is 0 Å². The number of ether oxygens (including phenoxy) is 2. The van der Waals surface area contributed by atoms with E-state index < -0.39 is 0 Å². The highest BCUT2D eigenvalue weighted by atomic mass is 32.1. The lowest BCUT2D eigenvalue weighted by atomic mass is 10.1. The molecule has 3 aromatic rings. The van der Waals surface area contributed by atoms with Crippen LogP contribution in [0.4, 0.5) is 0 Å².